The number of nitrogens with zero attached hydrogens (tertiary/aromatic N) is 1. The van der Waals surface area contributed by atoms with Gasteiger partial charge in [-0.1, -0.05) is 54.1 Å². The van der Waals surface area contributed by atoms with Gasteiger partial charge in [0.1, 0.15) is 17.7 Å². The number of alkyl carbamates (subject to hydrolysis) is 1. The summed E-state index contributed by atoms with van der Waals surface area (Å²) in [6.07, 6.45) is 0.454. The maximum absolute atomic E-state index is 13.9. The van der Waals surface area contributed by atoms with E-state index in [-0.39, 0.29) is 19.4 Å². The molecule has 0 aliphatic rings. The molecule has 2 aromatic carbocycles. The number of nitrogens with one attached hydrogen (secondary N) is 2. The van der Waals surface area contributed by atoms with Crippen LogP contribution in [0.25, 0.3) is 0 Å². The minimum Gasteiger partial charge on any atom is -0.444 e. The summed E-state index contributed by atoms with van der Waals surface area (Å²) in [6.45, 7) is 12.6. The van der Waals surface area contributed by atoms with Gasteiger partial charge in [-0.05, 0) is 58.2 Å². The Kier molecular flexibility index (Phi) is 10.6. The molecule has 4 amide bonds. The fourth-order valence-electron chi connectivity index (χ4n) is 3.88. The normalized spacial score (nSPS) is 12.6. The number of carbonyl (C=O) groups is 4. The molecule has 2 rings (SSSR count). The molecule has 2 unspecified atom stereocenters. The van der Waals surface area contributed by atoms with Gasteiger partial charge >= 0.3 is 6.09 Å². The fraction of sp³-hybridized carbons (Fsp3) is 0.379. The van der Waals surface area contributed by atoms with Gasteiger partial charge in [0, 0.05) is 18.7 Å². The first-order valence-corrected chi connectivity index (χ1v) is 12.4. The average Bonchev–Trinajstić information content (AvgIpc) is 2.81. The van der Waals surface area contributed by atoms with E-state index in [1.807, 2.05) is 44.2 Å². The Balaban J connectivity index is 2.52. The molecule has 0 saturated carbocycles. The molecule has 0 aromatic heterocycles. The molecule has 38 heavy (non-hydrogen) atoms. The molecule has 0 radical (unpaired) electrons. The predicted molar refractivity (Wildman–Crippen MR) is 147 cm³/mol. The summed E-state index contributed by atoms with van der Waals surface area (Å²) in [7, 11) is 0. The number of hydrogen-bond acceptors (Lipinski definition) is 5. The number of carbonyl (C=O) groups excluding carboxylic acids is 4. The zero-order valence-corrected chi connectivity index (χ0v) is 22.7. The highest BCUT2D eigenvalue weighted by Gasteiger charge is 2.36. The van der Waals surface area contributed by atoms with Crippen molar-refractivity contribution in [1.29, 1.82) is 0 Å². The highest BCUT2D eigenvalue weighted by molar-refractivity contribution is 5.99. The number of primary amides is 1. The fourth-order valence-corrected chi connectivity index (χ4v) is 3.88. The summed E-state index contributed by atoms with van der Waals surface area (Å²) in [5.41, 5.74) is 7.48. The number of aryl methyl sites for hydroxylation is 2. The number of ether oxygens (including phenoxy) is 1. The number of rotatable bonds is 11. The highest BCUT2D eigenvalue weighted by Crippen LogP contribution is 2.26. The summed E-state index contributed by atoms with van der Waals surface area (Å²) in [6, 6.07) is 12.4. The van der Waals surface area contributed by atoms with E-state index in [9.17, 15) is 19.2 Å². The molecule has 9 heteroatoms. The second-order valence-corrected chi connectivity index (χ2v) is 10.1. The molecular weight excluding hydrogens is 484 g/mol. The Labute approximate surface area is 224 Å². The van der Waals surface area contributed by atoms with E-state index in [4.69, 9.17) is 10.5 Å². The molecule has 204 valence electrons. The van der Waals surface area contributed by atoms with Crippen LogP contribution in [0.5, 0.6) is 0 Å². The summed E-state index contributed by atoms with van der Waals surface area (Å²) in [5.74, 6) is -1.65. The number of nitrogens with two attached hydrogens (primary N) is 1. The molecule has 9 nitrogen and oxygen atoms in total. The maximum atomic E-state index is 13.9. The van der Waals surface area contributed by atoms with Crippen LogP contribution < -0.4 is 16.4 Å². The summed E-state index contributed by atoms with van der Waals surface area (Å²) < 4.78 is 5.33. The van der Waals surface area contributed by atoms with E-state index in [1.54, 1.807) is 39.0 Å². The smallest absolute Gasteiger partial charge is 0.408 e. The SMILES string of the molecule is C=CCN(C(=O)C(CCC(N)=O)NC(=O)OC(C)(C)C)C(C(=O)Nc1ccccc1C)c1cccc(C)c1. The van der Waals surface area contributed by atoms with Crippen LogP contribution in [-0.2, 0) is 19.1 Å². The van der Waals surface area contributed by atoms with E-state index in [1.165, 1.54) is 11.0 Å². The van der Waals surface area contributed by atoms with Gasteiger partial charge in [0.25, 0.3) is 5.91 Å². The maximum Gasteiger partial charge on any atom is 0.408 e. The molecule has 2 atom stereocenters. The van der Waals surface area contributed by atoms with Crippen LogP contribution in [-0.4, -0.2) is 46.9 Å². The zero-order chi connectivity index (χ0) is 28.5. The highest BCUT2D eigenvalue weighted by atomic mass is 16.6. The lowest BCUT2D eigenvalue weighted by Crippen LogP contribution is -2.52. The quantitative estimate of drug-likeness (QED) is 0.382. The number of anilines is 1. The lowest BCUT2D eigenvalue weighted by atomic mass is 9.99. The second kappa shape index (κ2) is 13.4. The minimum atomic E-state index is -1.17. The van der Waals surface area contributed by atoms with Gasteiger partial charge in [0.2, 0.25) is 11.8 Å². The molecule has 0 aliphatic carbocycles. The van der Waals surface area contributed by atoms with Gasteiger partial charge < -0.3 is 26.0 Å². The first-order valence-electron chi connectivity index (χ1n) is 12.4. The average molecular weight is 523 g/mol. The molecule has 0 bridgehead atoms. The van der Waals surface area contributed by atoms with Gasteiger partial charge in [-0.15, -0.1) is 6.58 Å². The molecule has 4 N–H and O–H groups in total. The topological polar surface area (TPSA) is 131 Å². The van der Waals surface area contributed by atoms with Gasteiger partial charge in [-0.3, -0.25) is 14.4 Å². The van der Waals surface area contributed by atoms with Crippen LogP contribution in [0.15, 0.2) is 61.2 Å². The number of hydrogen-bond donors (Lipinski definition) is 3. The van der Waals surface area contributed by atoms with Crippen molar-refractivity contribution < 1.29 is 23.9 Å². The van der Waals surface area contributed by atoms with Gasteiger partial charge in [-0.2, -0.15) is 0 Å². The van der Waals surface area contributed by atoms with E-state index >= 15 is 0 Å². The number of benzene rings is 2. The van der Waals surface area contributed by atoms with Crippen LogP contribution >= 0.6 is 0 Å². The minimum absolute atomic E-state index is 0.00169. The van der Waals surface area contributed by atoms with Crippen molar-refractivity contribution >= 4 is 29.5 Å². The van der Waals surface area contributed by atoms with Crippen molar-refractivity contribution in [2.45, 2.75) is 65.1 Å². The first kappa shape index (κ1) is 30.1. The van der Waals surface area contributed by atoms with Crippen LogP contribution in [0.1, 0.15) is 56.3 Å². The largest absolute Gasteiger partial charge is 0.444 e. The van der Waals surface area contributed by atoms with Crippen LogP contribution in [0.3, 0.4) is 0 Å². The van der Waals surface area contributed by atoms with E-state index < -0.39 is 41.5 Å². The standard InChI is InChI=1S/C29H38N4O5/c1-7-17-33(27(36)23(15-16-24(30)34)32-28(37)38-29(4,5)6)25(21-13-10-11-19(2)18-21)26(35)31-22-14-9-8-12-20(22)3/h7-14,18,23,25H,1,15-17H2,2-6H3,(H2,30,34)(H,31,35)(H,32,37). The molecule has 0 aliphatic heterocycles. The molecule has 2 aromatic rings. The Morgan fingerprint density at radius 3 is 2.34 bits per heavy atom. The van der Waals surface area contributed by atoms with Gasteiger partial charge in [-0.25, -0.2) is 4.79 Å². The lowest BCUT2D eigenvalue weighted by molar-refractivity contribution is -0.140. The summed E-state index contributed by atoms with van der Waals surface area (Å²) in [5, 5.41) is 5.49. The van der Waals surface area contributed by atoms with Crippen LogP contribution in [0.4, 0.5) is 10.5 Å². The first-order chi connectivity index (χ1) is 17.8. The predicted octanol–water partition coefficient (Wildman–Crippen LogP) is 4.16. The third-order valence-corrected chi connectivity index (χ3v) is 5.60. The molecule has 0 fully saturated rings. The molecule has 0 saturated heterocycles. The van der Waals surface area contributed by atoms with Crippen molar-refractivity contribution in [3.05, 3.63) is 77.9 Å². The van der Waals surface area contributed by atoms with Crippen molar-refractivity contribution in [2.24, 2.45) is 5.73 Å². The van der Waals surface area contributed by atoms with E-state index in [0.29, 0.717) is 11.3 Å². The zero-order valence-electron chi connectivity index (χ0n) is 22.7. The third kappa shape index (κ3) is 9.06. The van der Waals surface area contributed by atoms with Crippen molar-refractivity contribution in [3.8, 4) is 0 Å². The van der Waals surface area contributed by atoms with Crippen molar-refractivity contribution in [3.63, 3.8) is 0 Å². The van der Waals surface area contributed by atoms with Crippen molar-refractivity contribution in [2.75, 3.05) is 11.9 Å². The molecule has 0 spiro atoms. The monoisotopic (exact) mass is 522 g/mol. The molecular formula is C29H38N4O5. The van der Waals surface area contributed by atoms with Crippen LogP contribution in [0.2, 0.25) is 0 Å². The Morgan fingerprint density at radius 1 is 1.08 bits per heavy atom. The lowest BCUT2D eigenvalue weighted by Gasteiger charge is -2.34. The number of para-hydroxylation sites is 1. The second-order valence-electron chi connectivity index (χ2n) is 10.1. The molecule has 0 heterocycles. The van der Waals surface area contributed by atoms with Crippen molar-refractivity contribution in [1.82, 2.24) is 10.2 Å². The Bertz CT molecular complexity index is 1170. The van der Waals surface area contributed by atoms with Gasteiger partial charge in [0.05, 0.1) is 0 Å². The summed E-state index contributed by atoms with van der Waals surface area (Å²) in [4.78, 5) is 53.2. The van der Waals surface area contributed by atoms with E-state index in [0.717, 1.165) is 11.1 Å². The van der Waals surface area contributed by atoms with Crippen LogP contribution in [0, 0.1) is 13.8 Å². The Hall–Kier alpha value is -4.14. The Morgan fingerprint density at radius 2 is 1.76 bits per heavy atom. The number of amides is 4. The van der Waals surface area contributed by atoms with E-state index in [2.05, 4.69) is 17.2 Å². The van der Waals surface area contributed by atoms with Gasteiger partial charge in [0.15, 0.2) is 0 Å². The third-order valence-electron chi connectivity index (χ3n) is 5.60. The summed E-state index contributed by atoms with van der Waals surface area (Å²) >= 11 is 0.